The quantitative estimate of drug-likeness (QED) is 0.746. The third-order valence-corrected chi connectivity index (χ3v) is 5.12. The van der Waals surface area contributed by atoms with Crippen LogP contribution in [0.3, 0.4) is 0 Å². The monoisotopic (exact) mass is 354 g/mol. The van der Waals surface area contributed by atoms with Gasteiger partial charge in [-0.05, 0) is 38.4 Å². The van der Waals surface area contributed by atoms with Gasteiger partial charge in [0.05, 0.1) is 22.0 Å². The number of hydrogen-bond acceptors (Lipinski definition) is 4. The molecule has 3 N–H and O–H groups in total. The number of H-pyrrole nitrogens is 1. The summed E-state index contributed by atoms with van der Waals surface area (Å²) in [6.07, 6.45) is 2.36. The molecule has 2 unspecified atom stereocenters. The molecule has 2 heterocycles. The number of carbonyl (C=O) groups excluding carboxylic acids is 1. The molecule has 1 aliphatic rings. The van der Waals surface area contributed by atoms with E-state index in [0.29, 0.717) is 11.8 Å². The topological polar surface area (TPSA) is 69.8 Å². The number of nitrogens with one attached hydrogen (secondary N) is 3. The molecule has 0 bridgehead atoms. The molecule has 1 aliphatic heterocycles. The average molecular weight is 355 g/mol. The summed E-state index contributed by atoms with van der Waals surface area (Å²) in [5.41, 5.74) is 2.02. The Morgan fingerprint density at radius 2 is 2.30 bits per heavy atom. The molecule has 0 radical (unpaired) electrons. The molecule has 3 rings (SSSR count). The third kappa shape index (κ3) is 4.86. The number of aromatic amines is 1. The van der Waals surface area contributed by atoms with Crippen molar-refractivity contribution in [3.05, 3.63) is 30.1 Å². The average Bonchev–Trinajstić information content (AvgIpc) is 3.19. The number of nitrogens with zero attached hydrogens (tertiary/aromatic N) is 1. The van der Waals surface area contributed by atoms with Crippen molar-refractivity contribution in [2.45, 2.75) is 31.1 Å². The zero-order chi connectivity index (χ0) is 15.4. The van der Waals surface area contributed by atoms with Gasteiger partial charge in [0.25, 0.3) is 0 Å². The van der Waals surface area contributed by atoms with Gasteiger partial charge in [0.15, 0.2) is 0 Å². The van der Waals surface area contributed by atoms with Crippen LogP contribution in [0.15, 0.2) is 24.3 Å². The molecular formula is C16H23ClN4OS. The molecule has 0 saturated carbocycles. The van der Waals surface area contributed by atoms with E-state index in [1.54, 1.807) is 11.8 Å². The van der Waals surface area contributed by atoms with Crippen molar-refractivity contribution in [1.29, 1.82) is 0 Å². The largest absolute Gasteiger partial charge is 0.354 e. The third-order valence-electron chi connectivity index (χ3n) is 3.97. The lowest BCUT2D eigenvalue weighted by atomic mass is 10.2. The van der Waals surface area contributed by atoms with Gasteiger partial charge in [-0.2, -0.15) is 0 Å². The maximum Gasteiger partial charge on any atom is 0.230 e. The second-order valence-electron chi connectivity index (χ2n) is 5.69. The van der Waals surface area contributed by atoms with Gasteiger partial charge in [-0.3, -0.25) is 4.79 Å². The second kappa shape index (κ2) is 8.57. The molecule has 1 aromatic carbocycles. The minimum Gasteiger partial charge on any atom is -0.354 e. The molecule has 1 fully saturated rings. The fourth-order valence-corrected chi connectivity index (χ4v) is 3.44. The zero-order valence-electron chi connectivity index (χ0n) is 13.2. The van der Waals surface area contributed by atoms with E-state index in [0.717, 1.165) is 36.4 Å². The first-order chi connectivity index (χ1) is 10.7. The lowest BCUT2D eigenvalue weighted by Gasteiger charge is -2.12. The maximum absolute atomic E-state index is 11.9. The number of fused-ring (bicyclic) bond motifs is 1. The van der Waals surface area contributed by atoms with Crippen molar-refractivity contribution < 1.29 is 4.79 Å². The summed E-state index contributed by atoms with van der Waals surface area (Å²) < 4.78 is 0. The van der Waals surface area contributed by atoms with Gasteiger partial charge in [-0.25, -0.2) is 4.98 Å². The number of carbonyl (C=O) groups is 1. The summed E-state index contributed by atoms with van der Waals surface area (Å²) in [5, 5.41) is 6.56. The predicted octanol–water partition coefficient (Wildman–Crippen LogP) is 2.65. The normalized spacial score (nSPS) is 18.6. The van der Waals surface area contributed by atoms with Crippen molar-refractivity contribution in [2.24, 2.45) is 0 Å². The fourth-order valence-electron chi connectivity index (χ4n) is 2.66. The number of halogens is 1. The van der Waals surface area contributed by atoms with Crippen LogP contribution in [0.2, 0.25) is 0 Å². The molecule has 2 aromatic rings. The maximum atomic E-state index is 11.9. The Bertz CT molecular complexity index is 609. The lowest BCUT2D eigenvalue weighted by molar-refractivity contribution is -0.118. The Morgan fingerprint density at radius 3 is 3.04 bits per heavy atom. The van der Waals surface area contributed by atoms with Crippen LogP contribution in [0.4, 0.5) is 0 Å². The van der Waals surface area contributed by atoms with Crippen LogP contribution in [0.5, 0.6) is 0 Å². The van der Waals surface area contributed by atoms with Crippen LogP contribution in [-0.4, -0.2) is 40.8 Å². The van der Waals surface area contributed by atoms with Gasteiger partial charge >= 0.3 is 0 Å². The van der Waals surface area contributed by atoms with E-state index in [-0.39, 0.29) is 23.6 Å². The highest BCUT2D eigenvalue weighted by Gasteiger charge is 2.16. The van der Waals surface area contributed by atoms with E-state index >= 15 is 0 Å². The Balaban J connectivity index is 0.00000192. The summed E-state index contributed by atoms with van der Waals surface area (Å²) in [4.78, 5) is 19.8. The van der Waals surface area contributed by atoms with Crippen molar-refractivity contribution in [2.75, 3.05) is 18.8 Å². The van der Waals surface area contributed by atoms with Gasteiger partial charge in [0.2, 0.25) is 5.91 Å². The Kier molecular flexibility index (Phi) is 6.74. The number of hydrogen-bond donors (Lipinski definition) is 3. The standard InChI is InChI=1S/C16H22N4OS.ClH/c1-11(16-19-13-6-2-3-7-14(13)20-16)22-10-15(21)18-9-12-5-4-8-17-12;/h2-3,6-7,11-12,17H,4-5,8-10H2,1H3,(H,18,21)(H,19,20);1H. The highest BCUT2D eigenvalue weighted by Crippen LogP contribution is 2.27. The lowest BCUT2D eigenvalue weighted by Crippen LogP contribution is -2.37. The Labute approximate surface area is 146 Å². The molecular weight excluding hydrogens is 332 g/mol. The molecule has 7 heteroatoms. The number of benzene rings is 1. The number of imidazole rings is 1. The van der Waals surface area contributed by atoms with E-state index in [9.17, 15) is 4.79 Å². The van der Waals surface area contributed by atoms with Crippen LogP contribution in [0, 0.1) is 0 Å². The first-order valence-corrected chi connectivity index (χ1v) is 8.83. The molecule has 5 nitrogen and oxygen atoms in total. The predicted molar refractivity (Wildman–Crippen MR) is 98.2 cm³/mol. The van der Waals surface area contributed by atoms with Crippen LogP contribution >= 0.6 is 24.2 Å². The number of thioether (sulfide) groups is 1. The fraction of sp³-hybridized carbons (Fsp3) is 0.500. The smallest absolute Gasteiger partial charge is 0.230 e. The first kappa shape index (κ1) is 18.1. The van der Waals surface area contributed by atoms with Crippen molar-refractivity contribution in [3.63, 3.8) is 0 Å². The minimum absolute atomic E-state index is 0. The second-order valence-corrected chi connectivity index (χ2v) is 7.02. The minimum atomic E-state index is 0. The Morgan fingerprint density at radius 1 is 1.48 bits per heavy atom. The molecule has 2 atom stereocenters. The Hall–Kier alpha value is -1.24. The van der Waals surface area contributed by atoms with Gasteiger partial charge in [-0.15, -0.1) is 24.2 Å². The number of aromatic nitrogens is 2. The van der Waals surface area contributed by atoms with Crippen LogP contribution in [-0.2, 0) is 4.79 Å². The zero-order valence-corrected chi connectivity index (χ0v) is 14.8. The summed E-state index contributed by atoms with van der Waals surface area (Å²) in [6, 6.07) is 8.43. The van der Waals surface area contributed by atoms with Crippen LogP contribution in [0.25, 0.3) is 11.0 Å². The number of para-hydroxylation sites is 2. The van der Waals surface area contributed by atoms with Crippen molar-refractivity contribution in [1.82, 2.24) is 20.6 Å². The first-order valence-electron chi connectivity index (χ1n) is 7.78. The number of amides is 1. The molecule has 1 saturated heterocycles. The van der Waals surface area contributed by atoms with Gasteiger partial charge < -0.3 is 15.6 Å². The van der Waals surface area contributed by atoms with E-state index < -0.39 is 0 Å². The van der Waals surface area contributed by atoms with E-state index in [4.69, 9.17) is 0 Å². The van der Waals surface area contributed by atoms with Crippen molar-refractivity contribution >= 4 is 41.1 Å². The molecule has 0 spiro atoms. The van der Waals surface area contributed by atoms with Gasteiger partial charge in [-0.1, -0.05) is 12.1 Å². The SMILES string of the molecule is CC(SCC(=O)NCC1CCCN1)c1nc2ccccc2[nH]1.Cl. The summed E-state index contributed by atoms with van der Waals surface area (Å²) in [5.74, 6) is 1.49. The van der Waals surface area contributed by atoms with E-state index in [1.807, 2.05) is 24.3 Å². The summed E-state index contributed by atoms with van der Waals surface area (Å²) >= 11 is 1.61. The molecule has 126 valence electrons. The summed E-state index contributed by atoms with van der Waals surface area (Å²) in [6.45, 7) is 3.88. The molecule has 0 aliphatic carbocycles. The molecule has 23 heavy (non-hydrogen) atoms. The van der Waals surface area contributed by atoms with Crippen LogP contribution in [0.1, 0.15) is 30.8 Å². The highest BCUT2D eigenvalue weighted by atomic mass is 35.5. The van der Waals surface area contributed by atoms with Crippen molar-refractivity contribution in [3.8, 4) is 0 Å². The summed E-state index contributed by atoms with van der Waals surface area (Å²) in [7, 11) is 0. The van der Waals surface area contributed by atoms with E-state index in [2.05, 4.69) is 27.5 Å². The van der Waals surface area contributed by atoms with Crippen LogP contribution < -0.4 is 10.6 Å². The van der Waals surface area contributed by atoms with Gasteiger partial charge in [0, 0.05) is 12.6 Å². The highest BCUT2D eigenvalue weighted by molar-refractivity contribution is 8.00. The number of rotatable bonds is 6. The van der Waals surface area contributed by atoms with E-state index in [1.165, 1.54) is 6.42 Å². The molecule has 1 aromatic heterocycles. The molecule has 1 amide bonds. The van der Waals surface area contributed by atoms with Gasteiger partial charge in [0.1, 0.15) is 5.82 Å².